The fourth-order valence-electron chi connectivity index (χ4n) is 3.21. The molecule has 0 aromatic heterocycles. The molecule has 136 valence electrons. The first-order chi connectivity index (χ1) is 12.6. The number of carbonyl (C=O) groups is 1. The molecule has 2 aromatic rings. The second-order valence-electron chi connectivity index (χ2n) is 6.24. The molecule has 1 amide bonds. The second-order valence-corrected chi connectivity index (χ2v) is 7.05. The van der Waals surface area contributed by atoms with Crippen LogP contribution >= 0.6 is 23.2 Å². The summed E-state index contributed by atoms with van der Waals surface area (Å²) in [5.41, 5.74) is 1.64. The summed E-state index contributed by atoms with van der Waals surface area (Å²) in [6, 6.07) is 11.0. The van der Waals surface area contributed by atoms with Gasteiger partial charge in [0, 0.05) is 43.5 Å². The third-order valence-corrected chi connectivity index (χ3v) is 5.36. The van der Waals surface area contributed by atoms with Gasteiger partial charge in [-0.15, -0.1) is 0 Å². The van der Waals surface area contributed by atoms with Crippen LogP contribution in [0.25, 0.3) is 0 Å². The van der Waals surface area contributed by atoms with Crippen molar-refractivity contribution in [3.05, 3.63) is 52.0 Å². The average molecular weight is 393 g/mol. The average Bonchev–Trinajstić information content (AvgIpc) is 2.69. The van der Waals surface area contributed by atoms with Crippen molar-refractivity contribution in [3.63, 3.8) is 0 Å². The molecule has 2 aliphatic rings. The summed E-state index contributed by atoms with van der Waals surface area (Å²) in [6.07, 6.45) is 0. The molecular weight excluding hydrogens is 375 g/mol. The molecule has 7 heteroatoms. The van der Waals surface area contributed by atoms with Crippen molar-refractivity contribution in [2.45, 2.75) is 0 Å². The molecule has 0 saturated carbocycles. The minimum atomic E-state index is -0.0228. The number of hydrogen-bond acceptors (Lipinski definition) is 4. The first-order valence-corrected chi connectivity index (χ1v) is 9.26. The topological polar surface area (TPSA) is 42.0 Å². The highest BCUT2D eigenvalue weighted by atomic mass is 35.5. The lowest BCUT2D eigenvalue weighted by Crippen LogP contribution is -2.48. The first kappa shape index (κ1) is 17.3. The SMILES string of the molecule is O=C(c1ccc(Cl)c(Cl)c1)N1CCN(c2ccc3c(c2)OCCO3)CC1. The highest BCUT2D eigenvalue weighted by molar-refractivity contribution is 6.42. The largest absolute Gasteiger partial charge is 0.486 e. The summed E-state index contributed by atoms with van der Waals surface area (Å²) in [5, 5.41) is 0.846. The summed E-state index contributed by atoms with van der Waals surface area (Å²) >= 11 is 12.0. The number of carbonyl (C=O) groups excluding carboxylic acids is 1. The van der Waals surface area contributed by atoms with Crippen LogP contribution in [-0.2, 0) is 0 Å². The number of fused-ring (bicyclic) bond motifs is 1. The van der Waals surface area contributed by atoms with Crippen LogP contribution < -0.4 is 14.4 Å². The number of anilines is 1. The zero-order chi connectivity index (χ0) is 18.1. The number of piperazine rings is 1. The van der Waals surface area contributed by atoms with Crippen molar-refractivity contribution in [3.8, 4) is 11.5 Å². The highest BCUT2D eigenvalue weighted by Gasteiger charge is 2.24. The third-order valence-electron chi connectivity index (χ3n) is 4.62. The van der Waals surface area contributed by atoms with E-state index in [4.69, 9.17) is 32.7 Å². The molecule has 4 rings (SSSR count). The molecule has 0 spiro atoms. The molecular formula is C19H18Cl2N2O3. The lowest BCUT2D eigenvalue weighted by molar-refractivity contribution is 0.0746. The number of ether oxygens (including phenoxy) is 2. The van der Waals surface area contributed by atoms with E-state index in [1.807, 2.05) is 23.1 Å². The Hall–Kier alpha value is -2.11. The summed E-state index contributed by atoms with van der Waals surface area (Å²) in [7, 11) is 0. The van der Waals surface area contributed by atoms with Crippen LogP contribution in [0.3, 0.4) is 0 Å². The van der Waals surface area contributed by atoms with Gasteiger partial charge in [0.2, 0.25) is 0 Å². The van der Waals surface area contributed by atoms with Crippen molar-refractivity contribution in [2.24, 2.45) is 0 Å². The number of benzene rings is 2. The van der Waals surface area contributed by atoms with Crippen LogP contribution in [0, 0.1) is 0 Å². The van der Waals surface area contributed by atoms with Crippen LogP contribution in [0.4, 0.5) is 5.69 Å². The van der Waals surface area contributed by atoms with Crippen LogP contribution in [0.2, 0.25) is 10.0 Å². The predicted molar refractivity (Wildman–Crippen MR) is 102 cm³/mol. The number of hydrogen-bond donors (Lipinski definition) is 0. The van der Waals surface area contributed by atoms with Crippen LogP contribution in [0.15, 0.2) is 36.4 Å². The Kier molecular flexibility index (Phi) is 4.83. The van der Waals surface area contributed by atoms with E-state index in [1.165, 1.54) is 0 Å². The van der Waals surface area contributed by atoms with Gasteiger partial charge in [-0.25, -0.2) is 0 Å². The third kappa shape index (κ3) is 3.41. The maximum atomic E-state index is 12.7. The van der Waals surface area contributed by atoms with Crippen molar-refractivity contribution in [1.29, 1.82) is 0 Å². The molecule has 0 unspecified atom stereocenters. The van der Waals surface area contributed by atoms with Gasteiger partial charge >= 0.3 is 0 Å². The van der Waals surface area contributed by atoms with E-state index in [0.29, 0.717) is 41.9 Å². The molecule has 0 bridgehead atoms. The second kappa shape index (κ2) is 7.25. The van der Waals surface area contributed by atoms with Gasteiger partial charge in [-0.05, 0) is 30.3 Å². The molecule has 0 N–H and O–H groups in total. The van der Waals surface area contributed by atoms with E-state index in [2.05, 4.69) is 4.90 Å². The summed E-state index contributed by atoms with van der Waals surface area (Å²) in [5.74, 6) is 1.54. The number of amides is 1. The molecule has 0 aliphatic carbocycles. The van der Waals surface area contributed by atoms with E-state index in [0.717, 1.165) is 30.3 Å². The van der Waals surface area contributed by atoms with Crippen molar-refractivity contribution in [2.75, 3.05) is 44.3 Å². The Labute approximate surface area is 162 Å². The highest BCUT2D eigenvalue weighted by Crippen LogP contribution is 2.34. The van der Waals surface area contributed by atoms with Crippen LogP contribution in [0.5, 0.6) is 11.5 Å². The molecule has 1 fully saturated rings. The summed E-state index contributed by atoms with van der Waals surface area (Å²) < 4.78 is 11.2. The summed E-state index contributed by atoms with van der Waals surface area (Å²) in [4.78, 5) is 16.8. The molecule has 0 radical (unpaired) electrons. The zero-order valence-electron chi connectivity index (χ0n) is 14.1. The number of halogens is 2. The van der Waals surface area contributed by atoms with Gasteiger partial charge in [0.05, 0.1) is 10.0 Å². The Bertz CT molecular complexity index is 836. The molecule has 2 aromatic carbocycles. The van der Waals surface area contributed by atoms with E-state index < -0.39 is 0 Å². The Morgan fingerprint density at radius 3 is 2.31 bits per heavy atom. The fourth-order valence-corrected chi connectivity index (χ4v) is 3.51. The molecule has 1 saturated heterocycles. The van der Waals surface area contributed by atoms with E-state index >= 15 is 0 Å². The monoisotopic (exact) mass is 392 g/mol. The molecule has 2 heterocycles. The molecule has 2 aliphatic heterocycles. The maximum Gasteiger partial charge on any atom is 0.254 e. The quantitative estimate of drug-likeness (QED) is 0.780. The van der Waals surface area contributed by atoms with Crippen LogP contribution in [0.1, 0.15) is 10.4 Å². The van der Waals surface area contributed by atoms with Gasteiger partial charge in [0.1, 0.15) is 13.2 Å². The van der Waals surface area contributed by atoms with Gasteiger partial charge in [0.25, 0.3) is 5.91 Å². The zero-order valence-corrected chi connectivity index (χ0v) is 15.6. The van der Waals surface area contributed by atoms with E-state index in [1.54, 1.807) is 18.2 Å². The van der Waals surface area contributed by atoms with E-state index in [-0.39, 0.29) is 5.91 Å². The van der Waals surface area contributed by atoms with E-state index in [9.17, 15) is 4.79 Å². The predicted octanol–water partition coefficient (Wildman–Crippen LogP) is 3.73. The minimum absolute atomic E-state index is 0.0228. The van der Waals surface area contributed by atoms with Crippen molar-refractivity contribution >= 4 is 34.8 Å². The maximum absolute atomic E-state index is 12.7. The summed E-state index contributed by atoms with van der Waals surface area (Å²) in [6.45, 7) is 3.96. The van der Waals surface area contributed by atoms with Gasteiger partial charge in [-0.3, -0.25) is 4.79 Å². The number of nitrogens with zero attached hydrogens (tertiary/aromatic N) is 2. The fraction of sp³-hybridized carbons (Fsp3) is 0.316. The normalized spacial score (nSPS) is 16.5. The van der Waals surface area contributed by atoms with Crippen molar-refractivity contribution < 1.29 is 14.3 Å². The minimum Gasteiger partial charge on any atom is -0.486 e. The van der Waals surface area contributed by atoms with Gasteiger partial charge in [0.15, 0.2) is 11.5 Å². The van der Waals surface area contributed by atoms with Gasteiger partial charge in [-0.2, -0.15) is 0 Å². The molecule has 26 heavy (non-hydrogen) atoms. The molecule has 0 atom stereocenters. The van der Waals surface area contributed by atoms with Crippen molar-refractivity contribution in [1.82, 2.24) is 4.90 Å². The Balaban J connectivity index is 1.42. The van der Waals surface area contributed by atoms with Gasteiger partial charge < -0.3 is 19.3 Å². The first-order valence-electron chi connectivity index (χ1n) is 8.51. The molecule has 5 nitrogen and oxygen atoms in total. The lowest BCUT2D eigenvalue weighted by Gasteiger charge is -2.36. The van der Waals surface area contributed by atoms with Crippen LogP contribution in [-0.4, -0.2) is 50.2 Å². The standard InChI is InChI=1S/C19H18Cl2N2O3/c20-15-3-1-13(11-16(15)21)19(24)23-7-5-22(6-8-23)14-2-4-17-18(12-14)26-10-9-25-17/h1-4,11-12H,5-10H2. The number of rotatable bonds is 2. The van der Waals surface area contributed by atoms with Gasteiger partial charge in [-0.1, -0.05) is 23.2 Å². The Morgan fingerprint density at radius 1 is 0.846 bits per heavy atom. The Morgan fingerprint density at radius 2 is 1.58 bits per heavy atom. The lowest BCUT2D eigenvalue weighted by atomic mass is 10.1. The smallest absolute Gasteiger partial charge is 0.254 e.